The number of pyridine rings is 1. The van der Waals surface area contributed by atoms with E-state index in [0.717, 1.165) is 18.2 Å². The summed E-state index contributed by atoms with van der Waals surface area (Å²) in [7, 11) is 0. The molecule has 0 atom stereocenters. The van der Waals surface area contributed by atoms with E-state index in [1.807, 2.05) is 6.92 Å². The molecular formula is C20H16F6N4O3. The van der Waals surface area contributed by atoms with Crippen LogP contribution >= 0.6 is 0 Å². The zero-order valence-corrected chi connectivity index (χ0v) is 16.9. The number of carbonyl (C=O) groups is 1. The summed E-state index contributed by atoms with van der Waals surface area (Å²) in [6, 6.07) is 8.10. The highest BCUT2D eigenvalue weighted by molar-refractivity contribution is 5.95. The van der Waals surface area contributed by atoms with E-state index in [4.69, 9.17) is 4.74 Å². The number of carbonyl (C=O) groups excluding carboxylic acids is 1. The Hall–Kier alpha value is -3.64. The zero-order valence-electron chi connectivity index (χ0n) is 16.9. The number of rotatable bonds is 7. The number of hydrogen-bond donors (Lipinski definition) is 1. The Kier molecular flexibility index (Phi) is 6.89. The van der Waals surface area contributed by atoms with Gasteiger partial charge < -0.3 is 14.6 Å². The molecule has 0 aliphatic rings. The van der Waals surface area contributed by atoms with Crippen molar-refractivity contribution < 1.29 is 40.4 Å². The predicted molar refractivity (Wildman–Crippen MR) is 101 cm³/mol. The van der Waals surface area contributed by atoms with E-state index < -0.39 is 43.1 Å². The maximum Gasteiger partial charge on any atom is 0.455 e. The first kappa shape index (κ1) is 24.0. The molecule has 13 heteroatoms. The number of aryl methyl sites for hydroxylation is 1. The summed E-state index contributed by atoms with van der Waals surface area (Å²) in [5.41, 5.74) is 1.50. The lowest BCUT2D eigenvalue weighted by atomic mass is 10.0. The normalized spacial score (nSPS) is 12.0. The smallest absolute Gasteiger partial charge is 0.455 e. The minimum Gasteiger partial charge on any atom is -0.468 e. The molecule has 7 nitrogen and oxygen atoms in total. The van der Waals surface area contributed by atoms with Crippen LogP contribution in [0.15, 0.2) is 41.1 Å². The maximum absolute atomic E-state index is 12.6. The number of aromatic nitrogens is 3. The molecular weight excluding hydrogens is 458 g/mol. The third-order valence-electron chi connectivity index (χ3n) is 4.28. The molecule has 0 aliphatic heterocycles. The molecule has 0 bridgehead atoms. The van der Waals surface area contributed by atoms with E-state index in [0.29, 0.717) is 5.56 Å². The number of ether oxygens (including phenoxy) is 1. The highest BCUT2D eigenvalue weighted by Gasteiger charge is 2.37. The number of alkyl halides is 6. The highest BCUT2D eigenvalue weighted by atomic mass is 19.4. The Labute approximate surface area is 182 Å². The van der Waals surface area contributed by atoms with Crippen LogP contribution in [0.4, 0.5) is 26.3 Å². The van der Waals surface area contributed by atoms with Gasteiger partial charge in [-0.15, -0.1) is 0 Å². The predicted octanol–water partition coefficient (Wildman–Crippen LogP) is 4.58. The third kappa shape index (κ3) is 6.43. The number of nitrogens with one attached hydrogen (secondary N) is 1. The van der Waals surface area contributed by atoms with Crippen molar-refractivity contribution in [2.75, 3.05) is 6.61 Å². The van der Waals surface area contributed by atoms with Crippen molar-refractivity contribution in [3.63, 3.8) is 0 Å². The molecule has 3 rings (SSSR count). The Bertz CT molecular complexity index is 1110. The van der Waals surface area contributed by atoms with E-state index in [1.54, 1.807) is 24.3 Å². The van der Waals surface area contributed by atoms with Crippen LogP contribution < -0.4 is 10.1 Å². The van der Waals surface area contributed by atoms with Gasteiger partial charge in [0.05, 0.1) is 12.1 Å². The zero-order chi connectivity index (χ0) is 24.2. The van der Waals surface area contributed by atoms with Crippen molar-refractivity contribution in [3.05, 3.63) is 59.4 Å². The molecule has 0 saturated carbocycles. The molecule has 2 aromatic heterocycles. The Morgan fingerprint density at radius 2 is 1.82 bits per heavy atom. The van der Waals surface area contributed by atoms with Crippen LogP contribution in [-0.4, -0.2) is 33.8 Å². The van der Waals surface area contributed by atoms with E-state index in [1.165, 1.54) is 6.07 Å². The second kappa shape index (κ2) is 9.46. The molecule has 0 unspecified atom stereocenters. The highest BCUT2D eigenvalue weighted by Crippen LogP contribution is 2.31. The monoisotopic (exact) mass is 474 g/mol. The molecule has 3 aromatic rings. The average molecular weight is 474 g/mol. The maximum atomic E-state index is 12.6. The summed E-state index contributed by atoms with van der Waals surface area (Å²) < 4.78 is 84.7. The molecule has 1 N–H and O–H groups in total. The third-order valence-corrected chi connectivity index (χ3v) is 4.28. The fourth-order valence-corrected chi connectivity index (χ4v) is 2.67. The van der Waals surface area contributed by atoms with Gasteiger partial charge in [0.2, 0.25) is 11.8 Å². The largest absolute Gasteiger partial charge is 0.468 e. The molecule has 1 aromatic carbocycles. The topological polar surface area (TPSA) is 90.1 Å². The summed E-state index contributed by atoms with van der Waals surface area (Å²) in [6.45, 7) is -0.153. The van der Waals surface area contributed by atoms with Crippen molar-refractivity contribution in [2.45, 2.75) is 32.2 Å². The minimum atomic E-state index is -4.80. The Balaban J connectivity index is 1.82. The van der Waals surface area contributed by atoms with E-state index >= 15 is 0 Å². The molecule has 2 heterocycles. The van der Waals surface area contributed by atoms with Gasteiger partial charge in [0.15, 0.2) is 6.61 Å². The van der Waals surface area contributed by atoms with Gasteiger partial charge in [0.25, 0.3) is 11.7 Å². The molecule has 1 amide bonds. The van der Waals surface area contributed by atoms with Crippen molar-refractivity contribution in [1.29, 1.82) is 0 Å². The van der Waals surface area contributed by atoms with Crippen molar-refractivity contribution in [2.24, 2.45) is 0 Å². The van der Waals surface area contributed by atoms with Gasteiger partial charge in [-0.25, -0.2) is 4.98 Å². The molecule has 176 valence electrons. The summed E-state index contributed by atoms with van der Waals surface area (Å²) in [5, 5.41) is 5.06. The van der Waals surface area contributed by atoms with Crippen LogP contribution in [0.3, 0.4) is 0 Å². The molecule has 33 heavy (non-hydrogen) atoms. The summed E-state index contributed by atoms with van der Waals surface area (Å²) >= 11 is 0. The van der Waals surface area contributed by atoms with Gasteiger partial charge >= 0.3 is 12.4 Å². The quantitative estimate of drug-likeness (QED) is 0.504. The van der Waals surface area contributed by atoms with Crippen LogP contribution in [0.5, 0.6) is 5.88 Å². The lowest BCUT2D eigenvalue weighted by molar-refractivity contribution is -0.154. The van der Waals surface area contributed by atoms with Gasteiger partial charge in [-0.1, -0.05) is 36.3 Å². The van der Waals surface area contributed by atoms with E-state index in [2.05, 4.69) is 25.0 Å². The van der Waals surface area contributed by atoms with Crippen LogP contribution in [0.2, 0.25) is 0 Å². The van der Waals surface area contributed by atoms with E-state index in [9.17, 15) is 31.1 Å². The van der Waals surface area contributed by atoms with Gasteiger partial charge in [0.1, 0.15) is 0 Å². The lowest BCUT2D eigenvalue weighted by Crippen LogP contribution is -2.24. The second-order valence-corrected chi connectivity index (χ2v) is 6.72. The van der Waals surface area contributed by atoms with Crippen LogP contribution in [0.25, 0.3) is 11.1 Å². The van der Waals surface area contributed by atoms with Crippen LogP contribution in [-0.2, 0) is 19.1 Å². The van der Waals surface area contributed by atoms with Crippen LogP contribution in [0, 0.1) is 0 Å². The first-order chi connectivity index (χ1) is 15.5. The fraction of sp³-hybridized carbons (Fsp3) is 0.300. The van der Waals surface area contributed by atoms with Crippen molar-refractivity contribution in [1.82, 2.24) is 20.4 Å². The number of amides is 1. The van der Waals surface area contributed by atoms with E-state index in [-0.39, 0.29) is 17.0 Å². The molecule has 0 radical (unpaired) electrons. The van der Waals surface area contributed by atoms with Gasteiger partial charge in [-0.2, -0.15) is 31.3 Å². The Morgan fingerprint density at radius 3 is 2.39 bits per heavy atom. The second-order valence-electron chi connectivity index (χ2n) is 6.72. The number of halogens is 6. The lowest BCUT2D eigenvalue weighted by Gasteiger charge is -2.14. The minimum absolute atomic E-state index is 0.0699. The average Bonchev–Trinajstić information content (AvgIpc) is 3.25. The summed E-state index contributed by atoms with van der Waals surface area (Å²) in [4.78, 5) is 19.4. The molecule has 0 saturated heterocycles. The van der Waals surface area contributed by atoms with Gasteiger partial charge in [-0.3, -0.25) is 4.79 Å². The van der Waals surface area contributed by atoms with Crippen molar-refractivity contribution in [3.8, 4) is 17.0 Å². The standard InChI is InChI=1S/C20H16F6N4O3/c1-2-11-3-5-12(6-4-11)14-7-13(8-28-17(14)32-10-19(21,22)23)16(31)27-9-15-29-18(30-33-15)20(24,25)26/h3-8H,2,9-10H2,1H3,(H,27,31). The summed E-state index contributed by atoms with van der Waals surface area (Å²) in [5.74, 6) is -3.08. The molecule has 0 aliphatic carbocycles. The van der Waals surface area contributed by atoms with Gasteiger partial charge in [-0.05, 0) is 23.6 Å². The molecule has 0 fully saturated rings. The van der Waals surface area contributed by atoms with Crippen molar-refractivity contribution >= 4 is 5.91 Å². The fourth-order valence-electron chi connectivity index (χ4n) is 2.67. The first-order valence-corrected chi connectivity index (χ1v) is 9.43. The number of benzene rings is 1. The Morgan fingerprint density at radius 1 is 1.12 bits per heavy atom. The summed E-state index contributed by atoms with van der Waals surface area (Å²) in [6.07, 6.45) is -7.67. The SMILES string of the molecule is CCc1ccc(-c2cc(C(=O)NCc3nc(C(F)(F)F)no3)cnc2OCC(F)(F)F)cc1. The van der Waals surface area contributed by atoms with Crippen LogP contribution in [0.1, 0.15) is 34.6 Å². The first-order valence-electron chi connectivity index (χ1n) is 9.43. The number of nitrogens with zero attached hydrogens (tertiary/aromatic N) is 3. The number of hydrogen-bond acceptors (Lipinski definition) is 6. The van der Waals surface area contributed by atoms with Gasteiger partial charge in [0, 0.05) is 11.8 Å². The molecule has 0 spiro atoms.